The van der Waals surface area contributed by atoms with Crippen LogP contribution >= 0.6 is 0 Å². The van der Waals surface area contributed by atoms with Crippen molar-refractivity contribution in [1.29, 1.82) is 0 Å². The molecule has 1 N–H and O–H groups in total. The molecular formula is C16H22N2O. The second kappa shape index (κ2) is 6.53. The molecule has 1 aromatic heterocycles. The van der Waals surface area contributed by atoms with Crippen LogP contribution in [0.1, 0.15) is 36.3 Å². The molecule has 102 valence electrons. The Bertz CT molecular complexity index is 485. The average molecular weight is 258 g/mol. The zero-order chi connectivity index (χ0) is 13.7. The summed E-state index contributed by atoms with van der Waals surface area (Å²) in [5.74, 6) is 1.69. The normalized spacial score (nSPS) is 12.6. The quantitative estimate of drug-likeness (QED) is 0.863. The molecule has 0 aliphatic carbocycles. The first kappa shape index (κ1) is 13.8. The first-order valence-electron chi connectivity index (χ1n) is 6.85. The van der Waals surface area contributed by atoms with Gasteiger partial charge < -0.3 is 9.73 Å². The zero-order valence-corrected chi connectivity index (χ0v) is 11.9. The molecule has 1 heterocycles. The number of oxazole rings is 1. The molecule has 2 rings (SSSR count). The minimum Gasteiger partial charge on any atom is -0.444 e. The molecular weight excluding hydrogens is 236 g/mol. The minimum absolute atomic E-state index is 0.452. The number of nitrogens with zero attached hydrogens (tertiary/aromatic N) is 1. The van der Waals surface area contributed by atoms with Gasteiger partial charge in [0, 0.05) is 6.04 Å². The van der Waals surface area contributed by atoms with Gasteiger partial charge in [-0.1, -0.05) is 30.3 Å². The van der Waals surface area contributed by atoms with Crippen molar-refractivity contribution in [2.24, 2.45) is 0 Å². The lowest BCUT2D eigenvalue weighted by molar-refractivity contribution is 0.420. The topological polar surface area (TPSA) is 38.1 Å². The van der Waals surface area contributed by atoms with Gasteiger partial charge in [0.2, 0.25) is 5.89 Å². The van der Waals surface area contributed by atoms with Crippen LogP contribution in [0.3, 0.4) is 0 Å². The third-order valence-electron chi connectivity index (χ3n) is 3.38. The Kier molecular flexibility index (Phi) is 4.74. The van der Waals surface area contributed by atoms with E-state index in [2.05, 4.69) is 47.6 Å². The highest BCUT2D eigenvalue weighted by Gasteiger charge is 2.07. The van der Waals surface area contributed by atoms with Gasteiger partial charge in [-0.2, -0.15) is 0 Å². The molecule has 1 aromatic carbocycles. The zero-order valence-electron chi connectivity index (χ0n) is 11.9. The number of nitrogens with one attached hydrogen (secondary N) is 1. The number of rotatable bonds is 6. The molecule has 0 saturated heterocycles. The van der Waals surface area contributed by atoms with Crippen LogP contribution in [-0.4, -0.2) is 11.0 Å². The van der Waals surface area contributed by atoms with Crippen molar-refractivity contribution in [2.75, 3.05) is 0 Å². The standard InChI is InChI=1S/C16H22N2O/c1-12(9-10-15-7-5-4-6-8-15)17-11-16-18-13(2)14(3)19-16/h4-8,12,17H,9-11H2,1-3H3. The maximum absolute atomic E-state index is 5.55. The summed E-state index contributed by atoms with van der Waals surface area (Å²) < 4.78 is 5.55. The van der Waals surface area contributed by atoms with Crippen molar-refractivity contribution in [3.05, 3.63) is 53.2 Å². The lowest BCUT2D eigenvalue weighted by Gasteiger charge is -2.12. The fraction of sp³-hybridized carbons (Fsp3) is 0.438. The van der Waals surface area contributed by atoms with Crippen molar-refractivity contribution in [3.8, 4) is 0 Å². The Labute approximate surface area is 115 Å². The van der Waals surface area contributed by atoms with Crippen molar-refractivity contribution in [1.82, 2.24) is 10.3 Å². The van der Waals surface area contributed by atoms with Crippen LogP contribution in [0.2, 0.25) is 0 Å². The molecule has 3 nitrogen and oxygen atoms in total. The van der Waals surface area contributed by atoms with E-state index in [4.69, 9.17) is 4.42 Å². The summed E-state index contributed by atoms with van der Waals surface area (Å²) in [5, 5.41) is 3.45. The largest absolute Gasteiger partial charge is 0.444 e. The first-order chi connectivity index (χ1) is 9.15. The summed E-state index contributed by atoms with van der Waals surface area (Å²) in [5.41, 5.74) is 2.37. The number of aryl methyl sites for hydroxylation is 3. The van der Waals surface area contributed by atoms with E-state index in [9.17, 15) is 0 Å². The summed E-state index contributed by atoms with van der Waals surface area (Å²) in [6.07, 6.45) is 2.21. The van der Waals surface area contributed by atoms with E-state index in [1.807, 2.05) is 13.8 Å². The predicted molar refractivity (Wildman–Crippen MR) is 77.0 cm³/mol. The maximum Gasteiger partial charge on any atom is 0.208 e. The third-order valence-corrected chi connectivity index (χ3v) is 3.38. The molecule has 3 heteroatoms. The number of hydrogen-bond donors (Lipinski definition) is 1. The first-order valence-corrected chi connectivity index (χ1v) is 6.85. The van der Waals surface area contributed by atoms with Gasteiger partial charge >= 0.3 is 0 Å². The fourth-order valence-corrected chi connectivity index (χ4v) is 2.01. The summed E-state index contributed by atoms with van der Waals surface area (Å²) in [4.78, 5) is 4.37. The van der Waals surface area contributed by atoms with E-state index in [1.165, 1.54) is 5.56 Å². The van der Waals surface area contributed by atoms with Gasteiger partial charge in [-0.3, -0.25) is 0 Å². The molecule has 0 radical (unpaired) electrons. The van der Waals surface area contributed by atoms with Crippen LogP contribution in [0.4, 0.5) is 0 Å². The lowest BCUT2D eigenvalue weighted by atomic mass is 10.1. The van der Waals surface area contributed by atoms with Gasteiger partial charge in [0.25, 0.3) is 0 Å². The van der Waals surface area contributed by atoms with Gasteiger partial charge in [0.15, 0.2) is 0 Å². The fourth-order valence-electron chi connectivity index (χ4n) is 2.01. The van der Waals surface area contributed by atoms with Crippen molar-refractivity contribution < 1.29 is 4.42 Å². The second-order valence-corrected chi connectivity index (χ2v) is 5.06. The van der Waals surface area contributed by atoms with E-state index >= 15 is 0 Å². The van der Waals surface area contributed by atoms with Gasteiger partial charge in [-0.25, -0.2) is 4.98 Å². The molecule has 0 spiro atoms. The molecule has 0 aliphatic rings. The Balaban J connectivity index is 1.74. The van der Waals surface area contributed by atoms with Gasteiger partial charge in [0.05, 0.1) is 12.2 Å². The minimum atomic E-state index is 0.452. The molecule has 0 bridgehead atoms. The smallest absolute Gasteiger partial charge is 0.208 e. The maximum atomic E-state index is 5.55. The van der Waals surface area contributed by atoms with Gasteiger partial charge in [-0.15, -0.1) is 0 Å². The van der Waals surface area contributed by atoms with Gasteiger partial charge in [0.1, 0.15) is 5.76 Å². The Morgan fingerprint density at radius 2 is 1.95 bits per heavy atom. The second-order valence-electron chi connectivity index (χ2n) is 5.06. The van der Waals surface area contributed by atoms with Crippen LogP contribution in [0.5, 0.6) is 0 Å². The highest BCUT2D eigenvalue weighted by Crippen LogP contribution is 2.09. The molecule has 0 saturated carbocycles. The molecule has 0 amide bonds. The van der Waals surface area contributed by atoms with Crippen LogP contribution < -0.4 is 5.32 Å². The molecule has 2 aromatic rings. The molecule has 0 aliphatic heterocycles. The molecule has 1 unspecified atom stereocenters. The average Bonchev–Trinajstić information content (AvgIpc) is 2.74. The predicted octanol–water partition coefficient (Wildman–Crippen LogP) is 3.40. The van der Waals surface area contributed by atoms with Crippen molar-refractivity contribution in [3.63, 3.8) is 0 Å². The molecule has 19 heavy (non-hydrogen) atoms. The van der Waals surface area contributed by atoms with E-state index in [0.29, 0.717) is 12.6 Å². The van der Waals surface area contributed by atoms with E-state index in [1.54, 1.807) is 0 Å². The van der Waals surface area contributed by atoms with Crippen LogP contribution in [0.25, 0.3) is 0 Å². The van der Waals surface area contributed by atoms with Crippen LogP contribution in [0, 0.1) is 13.8 Å². The van der Waals surface area contributed by atoms with Crippen LogP contribution in [0.15, 0.2) is 34.7 Å². The monoisotopic (exact) mass is 258 g/mol. The van der Waals surface area contributed by atoms with E-state index in [-0.39, 0.29) is 0 Å². The SMILES string of the molecule is Cc1nc(CNC(C)CCc2ccccc2)oc1C. The van der Waals surface area contributed by atoms with Crippen molar-refractivity contribution in [2.45, 2.75) is 46.2 Å². The Morgan fingerprint density at radius 1 is 1.21 bits per heavy atom. The van der Waals surface area contributed by atoms with Gasteiger partial charge in [-0.05, 0) is 39.2 Å². The Hall–Kier alpha value is -1.61. The number of hydrogen-bond acceptors (Lipinski definition) is 3. The third kappa shape index (κ3) is 4.21. The highest BCUT2D eigenvalue weighted by atomic mass is 16.4. The Morgan fingerprint density at radius 3 is 2.58 bits per heavy atom. The van der Waals surface area contributed by atoms with Crippen LogP contribution in [-0.2, 0) is 13.0 Å². The number of aromatic nitrogens is 1. The molecule has 0 fully saturated rings. The van der Waals surface area contributed by atoms with Crippen molar-refractivity contribution >= 4 is 0 Å². The van der Waals surface area contributed by atoms with E-state index < -0.39 is 0 Å². The molecule has 1 atom stereocenters. The highest BCUT2D eigenvalue weighted by molar-refractivity contribution is 5.14. The summed E-state index contributed by atoms with van der Waals surface area (Å²) >= 11 is 0. The lowest BCUT2D eigenvalue weighted by Crippen LogP contribution is -2.26. The number of benzene rings is 1. The summed E-state index contributed by atoms with van der Waals surface area (Å²) in [6, 6.07) is 11.0. The summed E-state index contributed by atoms with van der Waals surface area (Å²) in [6.45, 7) is 6.82. The van der Waals surface area contributed by atoms with E-state index in [0.717, 1.165) is 30.2 Å². The summed E-state index contributed by atoms with van der Waals surface area (Å²) in [7, 11) is 0.